The molecule has 0 spiro atoms. The van der Waals surface area contributed by atoms with Crippen molar-refractivity contribution in [2.75, 3.05) is 6.61 Å². The Kier molecular flexibility index (Phi) is 6.45. The first kappa shape index (κ1) is 14.9. The third kappa shape index (κ3) is 3.93. The van der Waals surface area contributed by atoms with E-state index in [1.165, 1.54) is 18.0 Å². The van der Waals surface area contributed by atoms with Gasteiger partial charge in [0.25, 0.3) is 0 Å². The molecule has 96 valence electrons. The van der Waals surface area contributed by atoms with Crippen LogP contribution < -0.4 is 5.19 Å². The van der Waals surface area contributed by atoms with Crippen molar-refractivity contribution < 1.29 is 4.43 Å². The molecule has 0 aromatic heterocycles. The molecular formula is C14H23BrOSi. The van der Waals surface area contributed by atoms with Gasteiger partial charge in [-0.1, -0.05) is 55.3 Å². The summed E-state index contributed by atoms with van der Waals surface area (Å²) in [6.45, 7) is 7.66. The fourth-order valence-electron chi connectivity index (χ4n) is 2.13. The predicted octanol–water partition coefficient (Wildman–Crippen LogP) is 4.46. The van der Waals surface area contributed by atoms with Gasteiger partial charge in [-0.2, -0.15) is 0 Å². The second kappa shape index (κ2) is 7.34. The van der Waals surface area contributed by atoms with Gasteiger partial charge in [0, 0.05) is 11.1 Å². The molecule has 0 bridgehead atoms. The van der Waals surface area contributed by atoms with Gasteiger partial charge in [-0.25, -0.2) is 0 Å². The van der Waals surface area contributed by atoms with Gasteiger partial charge in [-0.3, -0.25) is 0 Å². The fraction of sp³-hybridized carbons (Fsp3) is 0.571. The van der Waals surface area contributed by atoms with Crippen LogP contribution in [0.1, 0.15) is 33.6 Å². The van der Waals surface area contributed by atoms with E-state index < -0.39 is 8.32 Å². The van der Waals surface area contributed by atoms with Crippen LogP contribution in [-0.4, -0.2) is 14.9 Å². The minimum Gasteiger partial charge on any atom is -0.412 e. The lowest BCUT2D eigenvalue weighted by Gasteiger charge is -2.30. The van der Waals surface area contributed by atoms with E-state index in [-0.39, 0.29) is 0 Å². The molecule has 0 N–H and O–H groups in total. The summed E-state index contributed by atoms with van der Waals surface area (Å²) in [5, 5.41) is 1.42. The van der Waals surface area contributed by atoms with Crippen LogP contribution in [0.2, 0.25) is 12.1 Å². The van der Waals surface area contributed by atoms with Gasteiger partial charge >= 0.3 is 0 Å². The van der Waals surface area contributed by atoms with Crippen molar-refractivity contribution in [1.82, 2.24) is 0 Å². The van der Waals surface area contributed by atoms with Gasteiger partial charge in [-0.15, -0.1) is 0 Å². The lowest BCUT2D eigenvalue weighted by atomic mass is 10.4. The Labute approximate surface area is 115 Å². The van der Waals surface area contributed by atoms with Crippen molar-refractivity contribution in [3.63, 3.8) is 0 Å². The Morgan fingerprint density at radius 3 is 2.41 bits per heavy atom. The second-order valence-corrected chi connectivity index (χ2v) is 9.60. The maximum absolute atomic E-state index is 6.33. The van der Waals surface area contributed by atoms with Crippen molar-refractivity contribution in [2.24, 2.45) is 0 Å². The highest BCUT2D eigenvalue weighted by molar-refractivity contribution is 9.10. The molecule has 0 saturated heterocycles. The molecule has 0 amide bonds. The highest BCUT2D eigenvalue weighted by atomic mass is 79.9. The smallest absolute Gasteiger partial charge is 0.223 e. The van der Waals surface area contributed by atoms with Crippen LogP contribution in [0.5, 0.6) is 0 Å². The summed E-state index contributed by atoms with van der Waals surface area (Å²) in [6, 6.07) is 11.0. The van der Waals surface area contributed by atoms with Gasteiger partial charge in [-0.05, 0) is 35.8 Å². The summed E-state index contributed by atoms with van der Waals surface area (Å²) in [7, 11) is -1.72. The van der Waals surface area contributed by atoms with Gasteiger partial charge in [0.2, 0.25) is 8.32 Å². The van der Waals surface area contributed by atoms with E-state index in [9.17, 15) is 0 Å². The highest BCUT2D eigenvalue weighted by Gasteiger charge is 2.33. The second-order valence-electron chi connectivity index (χ2n) is 4.41. The normalized spacial score (nSPS) is 11.8. The molecule has 17 heavy (non-hydrogen) atoms. The first-order valence-electron chi connectivity index (χ1n) is 6.58. The molecule has 1 nitrogen and oxygen atoms in total. The fourth-order valence-corrected chi connectivity index (χ4v) is 5.99. The minimum atomic E-state index is -1.72. The van der Waals surface area contributed by atoms with Gasteiger partial charge in [0.1, 0.15) is 0 Å². The van der Waals surface area contributed by atoms with Crippen LogP contribution in [-0.2, 0) is 4.43 Å². The van der Waals surface area contributed by atoms with Crippen molar-refractivity contribution in [2.45, 2.75) is 45.7 Å². The average Bonchev–Trinajstić information content (AvgIpc) is 2.35. The van der Waals surface area contributed by atoms with Gasteiger partial charge in [0.05, 0.1) is 0 Å². The zero-order valence-corrected chi connectivity index (χ0v) is 13.7. The summed E-state index contributed by atoms with van der Waals surface area (Å²) >= 11 is 3.56. The monoisotopic (exact) mass is 314 g/mol. The summed E-state index contributed by atoms with van der Waals surface area (Å²) in [4.78, 5) is 0. The summed E-state index contributed by atoms with van der Waals surface area (Å²) in [5.74, 6) is 0. The van der Waals surface area contributed by atoms with Crippen LogP contribution in [0, 0.1) is 0 Å². The SMILES string of the molecule is CCCCO[Si](CC)(CC)c1cccc(Br)c1. The van der Waals surface area contributed by atoms with E-state index in [4.69, 9.17) is 4.43 Å². The van der Waals surface area contributed by atoms with Crippen molar-refractivity contribution in [1.29, 1.82) is 0 Å². The van der Waals surface area contributed by atoms with Crippen LogP contribution in [0.15, 0.2) is 28.7 Å². The average molecular weight is 315 g/mol. The zero-order chi connectivity index (χ0) is 12.7. The third-order valence-electron chi connectivity index (χ3n) is 3.37. The maximum atomic E-state index is 6.33. The van der Waals surface area contributed by atoms with Crippen molar-refractivity contribution in [3.8, 4) is 0 Å². The minimum absolute atomic E-state index is 0.914. The largest absolute Gasteiger partial charge is 0.412 e. The van der Waals surface area contributed by atoms with Crippen LogP contribution in [0.3, 0.4) is 0 Å². The molecule has 1 aromatic rings. The molecule has 0 atom stereocenters. The van der Waals surface area contributed by atoms with Gasteiger partial charge in [0.15, 0.2) is 0 Å². The molecule has 0 aliphatic rings. The molecule has 0 fully saturated rings. The molecule has 0 aliphatic carbocycles. The van der Waals surface area contributed by atoms with E-state index in [1.807, 2.05) is 0 Å². The maximum Gasteiger partial charge on any atom is 0.223 e. The summed E-state index contributed by atoms with van der Waals surface area (Å²) < 4.78 is 7.49. The number of unbranched alkanes of at least 4 members (excludes halogenated alkanes) is 1. The Balaban J connectivity index is 2.89. The molecule has 0 heterocycles. The Morgan fingerprint density at radius 1 is 1.18 bits per heavy atom. The molecule has 1 aromatic carbocycles. The van der Waals surface area contributed by atoms with E-state index in [0.29, 0.717) is 0 Å². The molecule has 0 unspecified atom stereocenters. The summed E-state index contributed by atoms with van der Waals surface area (Å²) in [6.07, 6.45) is 2.37. The lowest BCUT2D eigenvalue weighted by molar-refractivity contribution is 0.300. The number of hydrogen-bond donors (Lipinski definition) is 0. The number of hydrogen-bond acceptors (Lipinski definition) is 1. The van der Waals surface area contributed by atoms with E-state index >= 15 is 0 Å². The molecule has 0 saturated carbocycles. The Hall–Kier alpha value is -0.123. The number of halogens is 1. The molecule has 3 heteroatoms. The first-order chi connectivity index (χ1) is 8.18. The first-order valence-corrected chi connectivity index (χ1v) is 9.70. The van der Waals surface area contributed by atoms with E-state index in [1.54, 1.807) is 0 Å². The Bertz CT molecular complexity index is 337. The topological polar surface area (TPSA) is 9.23 Å². The summed E-state index contributed by atoms with van der Waals surface area (Å²) in [5.41, 5.74) is 0. The molecule has 0 aliphatic heterocycles. The van der Waals surface area contributed by atoms with E-state index in [0.717, 1.165) is 23.2 Å². The molecular weight excluding hydrogens is 292 g/mol. The molecule has 1 rings (SSSR count). The standard InChI is InChI=1S/C14H23BrOSi/c1-4-7-11-16-17(5-2,6-3)14-10-8-9-13(15)12-14/h8-10,12H,4-7,11H2,1-3H3. The van der Waals surface area contributed by atoms with Gasteiger partial charge < -0.3 is 4.43 Å². The number of benzene rings is 1. The highest BCUT2D eigenvalue weighted by Crippen LogP contribution is 2.19. The number of rotatable bonds is 7. The van der Waals surface area contributed by atoms with Crippen molar-refractivity contribution in [3.05, 3.63) is 28.7 Å². The zero-order valence-electron chi connectivity index (χ0n) is 11.1. The molecule has 0 radical (unpaired) electrons. The third-order valence-corrected chi connectivity index (χ3v) is 8.27. The van der Waals surface area contributed by atoms with E-state index in [2.05, 4.69) is 61.0 Å². The van der Waals surface area contributed by atoms with Crippen LogP contribution in [0.25, 0.3) is 0 Å². The predicted molar refractivity (Wildman–Crippen MR) is 81.4 cm³/mol. The van der Waals surface area contributed by atoms with Crippen molar-refractivity contribution >= 4 is 29.4 Å². The Morgan fingerprint density at radius 2 is 1.88 bits per heavy atom. The van der Waals surface area contributed by atoms with Crippen LogP contribution in [0.4, 0.5) is 0 Å². The lowest BCUT2D eigenvalue weighted by Crippen LogP contribution is -2.49. The quantitative estimate of drug-likeness (QED) is 0.533. The van der Waals surface area contributed by atoms with Crippen LogP contribution >= 0.6 is 15.9 Å².